The normalized spacial score (nSPS) is 45.9. The van der Waals surface area contributed by atoms with Crippen LogP contribution in [0.15, 0.2) is 0 Å². The van der Waals surface area contributed by atoms with Crippen molar-refractivity contribution >= 4 is 5.91 Å². The van der Waals surface area contributed by atoms with Crippen molar-refractivity contribution in [3.63, 3.8) is 0 Å². The second-order valence-corrected chi connectivity index (χ2v) is 7.49. The zero-order valence-corrected chi connectivity index (χ0v) is 11.1. The van der Waals surface area contributed by atoms with Crippen LogP contribution in [0, 0.1) is 29.1 Å². The van der Waals surface area contributed by atoms with Crippen LogP contribution in [-0.4, -0.2) is 25.5 Å². The molecule has 4 bridgehead atoms. The maximum Gasteiger partial charge on any atom is 0.225 e. The lowest BCUT2D eigenvalue weighted by Crippen LogP contribution is -2.55. The molecule has 5 fully saturated rings. The topological polar surface area (TPSA) is 41.1 Å². The molecule has 1 saturated heterocycles. The fourth-order valence-electron chi connectivity index (χ4n) is 5.40. The summed E-state index contributed by atoms with van der Waals surface area (Å²) in [4.78, 5) is 12.0. The van der Waals surface area contributed by atoms with Gasteiger partial charge < -0.3 is 10.6 Å². The molecule has 5 rings (SSSR count). The zero-order valence-electron chi connectivity index (χ0n) is 11.1. The number of hydrogen-bond donors (Lipinski definition) is 2. The number of nitrogens with one attached hydrogen (secondary N) is 2. The molecule has 1 amide bonds. The largest absolute Gasteiger partial charge is 0.355 e. The van der Waals surface area contributed by atoms with Crippen LogP contribution in [0.25, 0.3) is 0 Å². The Morgan fingerprint density at radius 1 is 1.06 bits per heavy atom. The number of amides is 1. The van der Waals surface area contributed by atoms with Crippen molar-refractivity contribution in [2.24, 2.45) is 29.1 Å². The summed E-state index contributed by atoms with van der Waals surface area (Å²) in [5, 5.41) is 6.44. The highest BCUT2D eigenvalue weighted by Gasteiger charge is 2.50. The molecule has 0 radical (unpaired) electrons. The van der Waals surface area contributed by atoms with E-state index in [1.807, 2.05) is 0 Å². The molecule has 0 aromatic heterocycles. The molecule has 100 valence electrons. The van der Waals surface area contributed by atoms with Gasteiger partial charge in [0.25, 0.3) is 0 Å². The van der Waals surface area contributed by atoms with Crippen LogP contribution in [0.2, 0.25) is 0 Å². The second kappa shape index (κ2) is 3.96. The lowest BCUT2D eigenvalue weighted by atomic mass is 9.49. The van der Waals surface area contributed by atoms with E-state index in [4.69, 9.17) is 0 Å². The molecule has 4 saturated carbocycles. The van der Waals surface area contributed by atoms with E-state index in [1.165, 1.54) is 38.5 Å². The minimum Gasteiger partial charge on any atom is -0.355 e. The molecule has 0 aromatic rings. The van der Waals surface area contributed by atoms with Gasteiger partial charge in [-0.2, -0.15) is 0 Å². The summed E-state index contributed by atoms with van der Waals surface area (Å²) in [6.07, 6.45) is 8.63. The third-order valence-electron chi connectivity index (χ3n) is 5.95. The van der Waals surface area contributed by atoms with E-state index in [9.17, 15) is 4.79 Å². The third-order valence-corrected chi connectivity index (χ3v) is 5.95. The van der Waals surface area contributed by atoms with Crippen LogP contribution in [-0.2, 0) is 4.79 Å². The van der Waals surface area contributed by atoms with Crippen LogP contribution in [0.4, 0.5) is 0 Å². The van der Waals surface area contributed by atoms with Gasteiger partial charge in [0.05, 0.1) is 5.92 Å². The predicted octanol–water partition coefficient (Wildman–Crippen LogP) is 1.54. The predicted molar refractivity (Wildman–Crippen MR) is 70.0 cm³/mol. The Morgan fingerprint density at radius 2 is 1.61 bits per heavy atom. The molecule has 1 heterocycles. The van der Waals surface area contributed by atoms with Crippen molar-refractivity contribution in [2.45, 2.75) is 38.5 Å². The highest BCUT2D eigenvalue weighted by atomic mass is 16.2. The molecule has 0 aromatic carbocycles. The summed E-state index contributed by atoms with van der Waals surface area (Å²) in [5.41, 5.74) is 0.488. The maximum atomic E-state index is 12.0. The Labute approximate surface area is 109 Å². The SMILES string of the molecule is O=C(NCC12CC3CC(CC(C3)C1)C2)C1CNC1. The first-order chi connectivity index (χ1) is 8.72. The minimum absolute atomic E-state index is 0.249. The zero-order chi connectivity index (χ0) is 12.2. The van der Waals surface area contributed by atoms with E-state index in [0.29, 0.717) is 11.3 Å². The third kappa shape index (κ3) is 1.78. The highest BCUT2D eigenvalue weighted by Crippen LogP contribution is 2.59. The van der Waals surface area contributed by atoms with Gasteiger partial charge in [0.1, 0.15) is 0 Å². The van der Waals surface area contributed by atoms with Crippen molar-refractivity contribution in [1.29, 1.82) is 0 Å². The second-order valence-electron chi connectivity index (χ2n) is 7.49. The average molecular weight is 248 g/mol. The maximum absolute atomic E-state index is 12.0. The van der Waals surface area contributed by atoms with E-state index in [2.05, 4.69) is 10.6 Å². The fraction of sp³-hybridized carbons (Fsp3) is 0.933. The number of carbonyl (C=O) groups excluding carboxylic acids is 1. The first kappa shape index (κ1) is 11.3. The molecule has 3 heteroatoms. The number of rotatable bonds is 3. The first-order valence-electron chi connectivity index (χ1n) is 7.71. The van der Waals surface area contributed by atoms with Crippen LogP contribution < -0.4 is 10.6 Å². The van der Waals surface area contributed by atoms with Gasteiger partial charge in [0.2, 0.25) is 5.91 Å². The monoisotopic (exact) mass is 248 g/mol. The van der Waals surface area contributed by atoms with Crippen molar-refractivity contribution in [2.75, 3.05) is 19.6 Å². The van der Waals surface area contributed by atoms with Crippen LogP contribution in [0.5, 0.6) is 0 Å². The molecule has 0 atom stereocenters. The van der Waals surface area contributed by atoms with E-state index in [-0.39, 0.29) is 5.92 Å². The van der Waals surface area contributed by atoms with E-state index < -0.39 is 0 Å². The number of hydrogen-bond acceptors (Lipinski definition) is 2. The summed E-state index contributed by atoms with van der Waals surface area (Å²) in [6, 6.07) is 0. The van der Waals surface area contributed by atoms with Gasteiger partial charge >= 0.3 is 0 Å². The Hall–Kier alpha value is -0.570. The minimum atomic E-state index is 0.249. The van der Waals surface area contributed by atoms with E-state index >= 15 is 0 Å². The Balaban J connectivity index is 1.40. The van der Waals surface area contributed by atoms with Gasteiger partial charge in [-0.05, 0) is 61.7 Å². The quantitative estimate of drug-likeness (QED) is 0.795. The molecular formula is C15H24N2O. The van der Waals surface area contributed by atoms with E-state index in [1.54, 1.807) is 0 Å². The van der Waals surface area contributed by atoms with Gasteiger partial charge in [-0.3, -0.25) is 4.79 Å². The van der Waals surface area contributed by atoms with E-state index in [0.717, 1.165) is 37.4 Å². The lowest BCUT2D eigenvalue weighted by molar-refractivity contribution is -0.128. The van der Waals surface area contributed by atoms with Gasteiger partial charge in [0.15, 0.2) is 0 Å². The fourth-order valence-corrected chi connectivity index (χ4v) is 5.40. The molecule has 2 N–H and O–H groups in total. The summed E-state index contributed by atoms with van der Waals surface area (Å²) >= 11 is 0. The molecule has 3 nitrogen and oxygen atoms in total. The smallest absolute Gasteiger partial charge is 0.225 e. The van der Waals surface area contributed by atoms with Crippen LogP contribution in [0.1, 0.15) is 38.5 Å². The van der Waals surface area contributed by atoms with Crippen molar-refractivity contribution in [3.8, 4) is 0 Å². The molecule has 1 aliphatic heterocycles. The van der Waals surface area contributed by atoms with Crippen LogP contribution in [0.3, 0.4) is 0 Å². The molecule has 18 heavy (non-hydrogen) atoms. The Bertz CT molecular complexity index is 326. The van der Waals surface area contributed by atoms with Gasteiger partial charge in [-0.15, -0.1) is 0 Å². The van der Waals surface area contributed by atoms with Gasteiger partial charge in [0, 0.05) is 19.6 Å². The molecule has 0 spiro atoms. The standard InChI is InChI=1S/C15H24N2O/c18-14(13-7-16-8-13)17-9-15-4-10-1-11(5-15)3-12(2-10)6-15/h10-13,16H,1-9H2,(H,17,18). The van der Waals surface area contributed by atoms with Gasteiger partial charge in [-0.1, -0.05) is 0 Å². The summed E-state index contributed by atoms with van der Waals surface area (Å²) < 4.78 is 0. The van der Waals surface area contributed by atoms with Gasteiger partial charge in [-0.25, -0.2) is 0 Å². The summed E-state index contributed by atoms with van der Waals surface area (Å²) in [6.45, 7) is 2.73. The highest BCUT2D eigenvalue weighted by molar-refractivity contribution is 5.80. The average Bonchev–Trinajstić information content (AvgIpc) is 2.22. The van der Waals surface area contributed by atoms with Crippen molar-refractivity contribution < 1.29 is 4.79 Å². The molecular weight excluding hydrogens is 224 g/mol. The lowest BCUT2D eigenvalue weighted by Gasteiger charge is -2.57. The van der Waals surface area contributed by atoms with Crippen LogP contribution >= 0.6 is 0 Å². The number of carbonyl (C=O) groups is 1. The summed E-state index contributed by atoms with van der Waals surface area (Å²) in [5.74, 6) is 3.50. The molecule has 0 unspecified atom stereocenters. The molecule has 5 aliphatic rings. The summed E-state index contributed by atoms with van der Waals surface area (Å²) in [7, 11) is 0. The molecule has 4 aliphatic carbocycles. The Kier molecular flexibility index (Phi) is 2.48. The van der Waals surface area contributed by atoms with Crippen molar-refractivity contribution in [3.05, 3.63) is 0 Å². The Morgan fingerprint density at radius 3 is 2.06 bits per heavy atom. The van der Waals surface area contributed by atoms with Crippen molar-refractivity contribution in [1.82, 2.24) is 10.6 Å². The first-order valence-corrected chi connectivity index (χ1v) is 7.71.